The zero-order chi connectivity index (χ0) is 16.7. The molecule has 0 saturated heterocycles. The Morgan fingerprint density at radius 3 is 2.70 bits per heavy atom. The minimum atomic E-state index is -0.523. The molecule has 2 heterocycles. The van der Waals surface area contributed by atoms with Gasteiger partial charge >= 0.3 is 0 Å². The molecule has 1 aromatic heterocycles. The van der Waals surface area contributed by atoms with Crippen molar-refractivity contribution in [1.82, 2.24) is 5.16 Å². The van der Waals surface area contributed by atoms with Crippen molar-refractivity contribution in [2.24, 2.45) is 5.92 Å². The van der Waals surface area contributed by atoms with Gasteiger partial charge in [0.25, 0.3) is 5.91 Å². The Balaban J connectivity index is 2.05. The second-order valence-corrected chi connectivity index (χ2v) is 6.24. The number of amides is 1. The van der Waals surface area contributed by atoms with Crippen molar-refractivity contribution in [3.05, 3.63) is 35.2 Å². The second kappa shape index (κ2) is 5.61. The van der Waals surface area contributed by atoms with Crippen LogP contribution in [0.15, 0.2) is 22.7 Å². The lowest BCUT2D eigenvalue weighted by Gasteiger charge is -2.36. The summed E-state index contributed by atoms with van der Waals surface area (Å²) in [5.41, 5.74) is 8.91. The van der Waals surface area contributed by atoms with Gasteiger partial charge in [-0.1, -0.05) is 19.0 Å². The van der Waals surface area contributed by atoms with Crippen LogP contribution in [0.1, 0.15) is 30.9 Å². The average molecular weight is 315 g/mol. The molecule has 23 heavy (non-hydrogen) atoms. The number of aryl methyl sites for hydroxylation is 2. The van der Waals surface area contributed by atoms with Crippen LogP contribution in [0.4, 0.5) is 11.4 Å². The molecular formula is C17H21N3O3. The first-order chi connectivity index (χ1) is 10.9. The maximum absolute atomic E-state index is 12.9. The van der Waals surface area contributed by atoms with E-state index in [0.29, 0.717) is 18.0 Å². The summed E-state index contributed by atoms with van der Waals surface area (Å²) >= 11 is 0. The van der Waals surface area contributed by atoms with Crippen LogP contribution in [0.5, 0.6) is 5.75 Å². The van der Waals surface area contributed by atoms with E-state index in [1.54, 1.807) is 17.0 Å². The van der Waals surface area contributed by atoms with Gasteiger partial charge in [0.2, 0.25) is 0 Å². The van der Waals surface area contributed by atoms with Gasteiger partial charge in [0.1, 0.15) is 11.5 Å². The summed E-state index contributed by atoms with van der Waals surface area (Å²) in [6, 6.07) is 5.35. The Morgan fingerprint density at radius 2 is 2.09 bits per heavy atom. The third-order valence-electron chi connectivity index (χ3n) is 4.14. The van der Waals surface area contributed by atoms with E-state index in [1.807, 2.05) is 33.8 Å². The molecule has 0 fully saturated rings. The number of fused-ring (bicyclic) bond motifs is 1. The number of aromatic nitrogens is 1. The molecular weight excluding hydrogens is 294 g/mol. The molecule has 1 atom stereocenters. The number of anilines is 2. The van der Waals surface area contributed by atoms with Gasteiger partial charge in [0.05, 0.1) is 17.9 Å². The molecule has 2 aromatic rings. The van der Waals surface area contributed by atoms with Gasteiger partial charge in [-0.05, 0) is 31.9 Å². The topological polar surface area (TPSA) is 81.6 Å². The lowest BCUT2D eigenvalue weighted by molar-refractivity contribution is -0.128. The molecule has 6 heteroatoms. The second-order valence-electron chi connectivity index (χ2n) is 6.24. The van der Waals surface area contributed by atoms with Crippen molar-refractivity contribution in [2.75, 3.05) is 10.6 Å². The van der Waals surface area contributed by atoms with Gasteiger partial charge in [-0.2, -0.15) is 0 Å². The van der Waals surface area contributed by atoms with E-state index < -0.39 is 6.10 Å². The van der Waals surface area contributed by atoms with Crippen LogP contribution in [0, 0.1) is 19.8 Å². The molecule has 0 radical (unpaired) electrons. The fourth-order valence-corrected chi connectivity index (χ4v) is 2.78. The number of carbonyl (C=O) groups excluding carboxylic acids is 1. The van der Waals surface area contributed by atoms with Gasteiger partial charge < -0.3 is 19.9 Å². The van der Waals surface area contributed by atoms with E-state index in [4.69, 9.17) is 15.0 Å². The van der Waals surface area contributed by atoms with E-state index in [-0.39, 0.29) is 11.8 Å². The SMILES string of the molecule is Cc1noc(C)c1CN1C(=O)C(C(C)C)Oc2cc(N)ccc21. The number of carbonyl (C=O) groups is 1. The number of nitrogens with two attached hydrogens (primary N) is 1. The smallest absolute Gasteiger partial charge is 0.268 e. The Morgan fingerprint density at radius 1 is 1.35 bits per heavy atom. The lowest BCUT2D eigenvalue weighted by atomic mass is 10.0. The van der Waals surface area contributed by atoms with E-state index in [9.17, 15) is 4.79 Å². The normalized spacial score (nSPS) is 17.3. The highest BCUT2D eigenvalue weighted by Crippen LogP contribution is 2.38. The first kappa shape index (κ1) is 15.4. The van der Waals surface area contributed by atoms with E-state index in [0.717, 1.165) is 22.7 Å². The summed E-state index contributed by atoms with van der Waals surface area (Å²) in [4.78, 5) is 14.6. The molecule has 1 aromatic carbocycles. The van der Waals surface area contributed by atoms with Gasteiger partial charge in [-0.3, -0.25) is 4.79 Å². The lowest BCUT2D eigenvalue weighted by Crippen LogP contribution is -2.48. The molecule has 1 aliphatic rings. The zero-order valence-corrected chi connectivity index (χ0v) is 13.8. The Kier molecular flexibility index (Phi) is 3.75. The molecule has 122 valence electrons. The minimum absolute atomic E-state index is 0.0581. The van der Waals surface area contributed by atoms with Crippen LogP contribution in [0.25, 0.3) is 0 Å². The summed E-state index contributed by atoms with van der Waals surface area (Å²) < 4.78 is 11.1. The first-order valence-electron chi connectivity index (χ1n) is 7.67. The summed E-state index contributed by atoms with van der Waals surface area (Å²) in [5.74, 6) is 1.36. The fourth-order valence-electron chi connectivity index (χ4n) is 2.78. The highest BCUT2D eigenvalue weighted by atomic mass is 16.5. The van der Waals surface area contributed by atoms with E-state index in [2.05, 4.69) is 5.16 Å². The van der Waals surface area contributed by atoms with Gasteiger partial charge in [0, 0.05) is 17.3 Å². The van der Waals surface area contributed by atoms with Crippen molar-refractivity contribution in [2.45, 2.75) is 40.3 Å². The van der Waals surface area contributed by atoms with Crippen molar-refractivity contribution < 1.29 is 14.1 Å². The van der Waals surface area contributed by atoms with Gasteiger partial charge in [0.15, 0.2) is 6.10 Å². The summed E-state index contributed by atoms with van der Waals surface area (Å²) in [5, 5.41) is 3.97. The molecule has 1 unspecified atom stereocenters. The molecule has 1 aliphatic heterocycles. The molecule has 0 spiro atoms. The van der Waals surface area contributed by atoms with E-state index in [1.165, 1.54) is 0 Å². The average Bonchev–Trinajstić information content (AvgIpc) is 2.81. The maximum Gasteiger partial charge on any atom is 0.268 e. The first-order valence-corrected chi connectivity index (χ1v) is 7.67. The van der Waals surface area contributed by atoms with Crippen LogP contribution >= 0.6 is 0 Å². The predicted octanol–water partition coefficient (Wildman–Crippen LogP) is 2.82. The number of benzene rings is 1. The van der Waals surface area contributed by atoms with Crippen molar-refractivity contribution >= 4 is 17.3 Å². The van der Waals surface area contributed by atoms with Crippen molar-refractivity contribution in [3.63, 3.8) is 0 Å². The molecule has 0 aliphatic carbocycles. The maximum atomic E-state index is 12.9. The minimum Gasteiger partial charge on any atom is -0.478 e. The van der Waals surface area contributed by atoms with Gasteiger partial charge in [-0.15, -0.1) is 0 Å². The Hall–Kier alpha value is -2.50. The number of rotatable bonds is 3. The number of hydrogen-bond donors (Lipinski definition) is 1. The highest BCUT2D eigenvalue weighted by molar-refractivity contribution is 6.00. The summed E-state index contributed by atoms with van der Waals surface area (Å²) in [6.07, 6.45) is -0.523. The highest BCUT2D eigenvalue weighted by Gasteiger charge is 2.37. The molecule has 3 rings (SSSR count). The summed E-state index contributed by atoms with van der Waals surface area (Å²) in [7, 11) is 0. The van der Waals surface area contributed by atoms with Crippen LogP contribution in [0.3, 0.4) is 0 Å². The van der Waals surface area contributed by atoms with Crippen LogP contribution < -0.4 is 15.4 Å². The molecule has 6 nitrogen and oxygen atoms in total. The fraction of sp³-hybridized carbons (Fsp3) is 0.412. The molecule has 0 bridgehead atoms. The standard InChI is InChI=1S/C17H21N3O3/c1-9(2)16-17(21)20(8-13-10(3)19-23-11(13)4)14-6-5-12(18)7-15(14)22-16/h5-7,9,16H,8,18H2,1-4H3. The monoisotopic (exact) mass is 315 g/mol. The number of nitrogens with zero attached hydrogens (tertiary/aromatic N) is 2. The van der Waals surface area contributed by atoms with Gasteiger partial charge in [-0.25, -0.2) is 0 Å². The summed E-state index contributed by atoms with van der Waals surface area (Å²) in [6.45, 7) is 8.07. The van der Waals surface area contributed by atoms with Crippen LogP contribution in [-0.2, 0) is 11.3 Å². The Labute approximate surface area is 135 Å². The third kappa shape index (κ3) is 2.65. The van der Waals surface area contributed by atoms with Crippen LogP contribution in [-0.4, -0.2) is 17.2 Å². The molecule has 0 saturated carbocycles. The quantitative estimate of drug-likeness (QED) is 0.881. The number of nitrogen functional groups attached to an aromatic ring is 1. The number of hydrogen-bond acceptors (Lipinski definition) is 5. The number of ether oxygens (including phenoxy) is 1. The predicted molar refractivity (Wildman–Crippen MR) is 87.3 cm³/mol. The van der Waals surface area contributed by atoms with Crippen LogP contribution in [0.2, 0.25) is 0 Å². The van der Waals surface area contributed by atoms with Crippen molar-refractivity contribution in [3.8, 4) is 5.75 Å². The molecule has 2 N–H and O–H groups in total. The largest absolute Gasteiger partial charge is 0.478 e. The zero-order valence-electron chi connectivity index (χ0n) is 13.8. The Bertz CT molecular complexity index is 732. The third-order valence-corrected chi connectivity index (χ3v) is 4.14. The molecule has 1 amide bonds. The van der Waals surface area contributed by atoms with Crippen molar-refractivity contribution in [1.29, 1.82) is 0 Å². The van der Waals surface area contributed by atoms with E-state index >= 15 is 0 Å².